The van der Waals surface area contributed by atoms with Crippen LogP contribution in [0.2, 0.25) is 0 Å². The minimum Gasteiger partial charge on any atom is -0.492 e. The molecular weight excluding hydrogens is 456 g/mol. The number of amides is 2. The molecule has 9 nitrogen and oxygen atoms in total. The molecule has 2 heterocycles. The molecule has 1 N–H and O–H groups in total. The summed E-state index contributed by atoms with van der Waals surface area (Å²) in [6.07, 6.45) is 1.61. The zero-order valence-electron chi connectivity index (χ0n) is 19.2. The Bertz CT molecular complexity index is 1210. The van der Waals surface area contributed by atoms with Gasteiger partial charge >= 0.3 is 0 Å². The molecule has 2 amide bonds. The molecule has 2 aromatic rings. The fraction of sp³-hybridized carbons (Fsp3) is 0.375. The predicted molar refractivity (Wildman–Crippen MR) is 130 cm³/mol. The summed E-state index contributed by atoms with van der Waals surface area (Å²) in [6, 6.07) is 13.2. The van der Waals surface area contributed by atoms with Crippen LogP contribution in [0.3, 0.4) is 0 Å². The Balaban J connectivity index is 1.42. The molecule has 2 aliphatic rings. The third-order valence-corrected chi connectivity index (χ3v) is 7.25. The van der Waals surface area contributed by atoms with Gasteiger partial charge in [-0.05, 0) is 49.7 Å². The molecule has 0 radical (unpaired) electrons. The quantitative estimate of drug-likeness (QED) is 0.647. The summed E-state index contributed by atoms with van der Waals surface area (Å²) in [4.78, 5) is 28.9. The van der Waals surface area contributed by atoms with Gasteiger partial charge in [-0.15, -0.1) is 4.40 Å². The number of nitrogens with one attached hydrogen (secondary N) is 1. The van der Waals surface area contributed by atoms with Crippen LogP contribution in [0.4, 0.5) is 11.4 Å². The number of likely N-dealkylation sites (tertiary alicyclic amines) is 1. The molecule has 0 saturated carbocycles. The van der Waals surface area contributed by atoms with Gasteiger partial charge in [0, 0.05) is 38.7 Å². The molecule has 2 aliphatic heterocycles. The van der Waals surface area contributed by atoms with Crippen molar-refractivity contribution < 1.29 is 22.7 Å². The average molecular weight is 485 g/mol. The first kappa shape index (κ1) is 23.7. The summed E-state index contributed by atoms with van der Waals surface area (Å²) >= 11 is 0. The number of amidine groups is 1. The Morgan fingerprint density at radius 2 is 1.91 bits per heavy atom. The van der Waals surface area contributed by atoms with Crippen molar-refractivity contribution in [3.05, 3.63) is 48.5 Å². The van der Waals surface area contributed by atoms with E-state index in [4.69, 9.17) is 4.74 Å². The maximum absolute atomic E-state index is 12.8. The standard InChI is InChI=1S/C24H28N4O5S/c1-3-33-21-8-5-4-7-20(21)28-16-17(15-23(28)29)24(30)25-18-10-12-19(13-11-18)34(31,32)26-22-9-6-14-27(22)2/h4-5,7-8,10-13,17H,3,6,9,14-16H2,1-2H3,(H,25,30)/b26-22-. The van der Waals surface area contributed by atoms with Gasteiger partial charge in [-0.2, -0.15) is 8.42 Å². The Labute approximate surface area is 199 Å². The average Bonchev–Trinajstić information content (AvgIpc) is 3.39. The number of ether oxygens (including phenoxy) is 1. The van der Waals surface area contributed by atoms with Crippen LogP contribution < -0.4 is 15.0 Å². The van der Waals surface area contributed by atoms with Crippen LogP contribution in [0.1, 0.15) is 26.2 Å². The Morgan fingerprint density at radius 3 is 2.59 bits per heavy atom. The van der Waals surface area contributed by atoms with E-state index in [0.29, 0.717) is 36.0 Å². The molecule has 2 saturated heterocycles. The second-order valence-electron chi connectivity index (χ2n) is 8.33. The van der Waals surface area contributed by atoms with Gasteiger partial charge < -0.3 is 19.9 Å². The molecule has 0 aliphatic carbocycles. The first-order chi connectivity index (χ1) is 16.3. The fourth-order valence-corrected chi connectivity index (χ4v) is 5.22. The Morgan fingerprint density at radius 1 is 1.18 bits per heavy atom. The minimum atomic E-state index is -3.82. The topological polar surface area (TPSA) is 108 Å². The molecule has 180 valence electrons. The monoisotopic (exact) mass is 484 g/mol. The highest BCUT2D eigenvalue weighted by Gasteiger charge is 2.36. The van der Waals surface area contributed by atoms with E-state index >= 15 is 0 Å². The van der Waals surface area contributed by atoms with E-state index < -0.39 is 15.9 Å². The lowest BCUT2D eigenvalue weighted by atomic mass is 10.1. The number of nitrogens with zero attached hydrogens (tertiary/aromatic N) is 3. The highest BCUT2D eigenvalue weighted by atomic mass is 32.2. The first-order valence-corrected chi connectivity index (χ1v) is 12.7. The number of hydrogen-bond acceptors (Lipinski definition) is 5. The van der Waals surface area contributed by atoms with E-state index in [-0.39, 0.29) is 29.7 Å². The van der Waals surface area contributed by atoms with Gasteiger partial charge in [0.05, 0.1) is 23.1 Å². The summed E-state index contributed by atoms with van der Waals surface area (Å²) < 4.78 is 34.8. The van der Waals surface area contributed by atoms with E-state index in [1.807, 2.05) is 31.0 Å². The SMILES string of the molecule is CCOc1ccccc1N1CC(C(=O)Nc2ccc(S(=O)(=O)/N=C3/CCCN3C)cc2)CC1=O. The van der Waals surface area contributed by atoms with Crippen LogP contribution in [0.5, 0.6) is 5.75 Å². The molecule has 0 spiro atoms. The molecule has 0 aromatic heterocycles. The number of sulfonamides is 1. The van der Waals surface area contributed by atoms with Crippen molar-refractivity contribution >= 4 is 39.0 Å². The number of anilines is 2. The van der Waals surface area contributed by atoms with Crippen molar-refractivity contribution in [1.29, 1.82) is 0 Å². The second kappa shape index (κ2) is 9.84. The summed E-state index contributed by atoms with van der Waals surface area (Å²) in [5.74, 6) is 0.176. The zero-order valence-corrected chi connectivity index (χ0v) is 20.0. The molecule has 0 bridgehead atoms. The summed E-state index contributed by atoms with van der Waals surface area (Å²) in [6.45, 7) is 3.37. The zero-order chi connectivity index (χ0) is 24.3. The van der Waals surface area contributed by atoms with Crippen LogP contribution in [0.15, 0.2) is 57.8 Å². The van der Waals surface area contributed by atoms with Crippen molar-refractivity contribution in [3.8, 4) is 5.75 Å². The molecule has 1 unspecified atom stereocenters. The molecule has 4 rings (SSSR count). The summed E-state index contributed by atoms with van der Waals surface area (Å²) in [5, 5.41) is 2.79. The van der Waals surface area contributed by atoms with E-state index in [9.17, 15) is 18.0 Å². The van der Waals surface area contributed by atoms with Crippen molar-refractivity contribution in [2.24, 2.45) is 10.3 Å². The van der Waals surface area contributed by atoms with Crippen LogP contribution in [0, 0.1) is 5.92 Å². The van der Waals surface area contributed by atoms with E-state index in [1.165, 1.54) is 24.3 Å². The summed E-state index contributed by atoms with van der Waals surface area (Å²) in [5.41, 5.74) is 1.10. The molecule has 2 aromatic carbocycles. The number of carbonyl (C=O) groups is 2. The smallest absolute Gasteiger partial charge is 0.283 e. The van der Waals surface area contributed by atoms with Gasteiger partial charge in [0.15, 0.2) is 0 Å². The maximum atomic E-state index is 12.8. The van der Waals surface area contributed by atoms with Crippen LogP contribution in [0.25, 0.3) is 0 Å². The van der Waals surface area contributed by atoms with E-state index in [1.54, 1.807) is 17.0 Å². The summed E-state index contributed by atoms with van der Waals surface area (Å²) in [7, 11) is -2.00. The van der Waals surface area contributed by atoms with E-state index in [0.717, 1.165) is 13.0 Å². The normalized spacial score (nSPS) is 19.6. The molecule has 34 heavy (non-hydrogen) atoms. The van der Waals surface area contributed by atoms with Gasteiger partial charge in [0.2, 0.25) is 11.8 Å². The van der Waals surface area contributed by atoms with Gasteiger partial charge in [-0.25, -0.2) is 0 Å². The largest absolute Gasteiger partial charge is 0.492 e. The molecule has 1 atom stereocenters. The number of hydrogen-bond donors (Lipinski definition) is 1. The van der Waals surface area contributed by atoms with E-state index in [2.05, 4.69) is 9.71 Å². The number of para-hydroxylation sites is 2. The minimum absolute atomic E-state index is 0.0630. The lowest BCUT2D eigenvalue weighted by molar-refractivity contribution is -0.122. The Hall–Kier alpha value is -3.40. The predicted octanol–water partition coefficient (Wildman–Crippen LogP) is 2.89. The van der Waals surface area contributed by atoms with Gasteiger partial charge in [-0.3, -0.25) is 9.59 Å². The number of rotatable bonds is 7. The van der Waals surface area contributed by atoms with Gasteiger partial charge in [-0.1, -0.05) is 12.1 Å². The maximum Gasteiger partial charge on any atom is 0.283 e. The molecule has 2 fully saturated rings. The number of carbonyl (C=O) groups excluding carboxylic acids is 2. The lowest BCUT2D eigenvalue weighted by Crippen LogP contribution is -2.28. The van der Waals surface area contributed by atoms with Crippen molar-refractivity contribution in [1.82, 2.24) is 4.90 Å². The van der Waals surface area contributed by atoms with Crippen LogP contribution >= 0.6 is 0 Å². The van der Waals surface area contributed by atoms with Gasteiger partial charge in [0.1, 0.15) is 11.6 Å². The molecule has 10 heteroatoms. The molecular formula is C24H28N4O5S. The van der Waals surface area contributed by atoms with Gasteiger partial charge in [0.25, 0.3) is 10.0 Å². The third-order valence-electron chi connectivity index (χ3n) is 5.93. The lowest BCUT2D eigenvalue weighted by Gasteiger charge is -2.20. The van der Waals surface area contributed by atoms with Crippen molar-refractivity contribution in [2.45, 2.75) is 31.1 Å². The highest BCUT2D eigenvalue weighted by Crippen LogP contribution is 2.33. The van der Waals surface area contributed by atoms with Crippen LogP contribution in [-0.2, 0) is 19.6 Å². The van der Waals surface area contributed by atoms with Crippen molar-refractivity contribution in [3.63, 3.8) is 0 Å². The van der Waals surface area contributed by atoms with Crippen molar-refractivity contribution in [2.75, 3.05) is 37.0 Å². The second-order valence-corrected chi connectivity index (χ2v) is 9.93. The number of benzene rings is 2. The first-order valence-electron chi connectivity index (χ1n) is 11.3. The highest BCUT2D eigenvalue weighted by molar-refractivity contribution is 7.90. The van der Waals surface area contributed by atoms with Crippen LogP contribution in [-0.4, -0.2) is 57.7 Å². The third kappa shape index (κ3) is 5.06. The Kier molecular flexibility index (Phi) is 6.87. The fourth-order valence-electron chi connectivity index (χ4n) is 4.13.